The molecule has 29 heavy (non-hydrogen) atoms. The molecule has 0 unspecified atom stereocenters. The molecule has 152 valence electrons. The summed E-state index contributed by atoms with van der Waals surface area (Å²) in [6.07, 6.45) is 4.04. The van der Waals surface area contributed by atoms with Crippen molar-refractivity contribution in [3.8, 4) is 0 Å². The van der Waals surface area contributed by atoms with Crippen LogP contribution in [-0.4, -0.2) is 16.0 Å². The summed E-state index contributed by atoms with van der Waals surface area (Å²) >= 11 is 0. The first-order valence-corrected chi connectivity index (χ1v) is 10.2. The van der Waals surface area contributed by atoms with Crippen LogP contribution in [0.15, 0.2) is 79.5 Å². The molecule has 3 heteroatoms. The number of aromatic nitrogens is 1. The zero-order valence-corrected chi connectivity index (χ0v) is 17.7. The minimum absolute atomic E-state index is 0.167. The van der Waals surface area contributed by atoms with Crippen LogP contribution < -0.4 is 0 Å². The summed E-state index contributed by atoms with van der Waals surface area (Å²) in [5, 5.41) is 0. The van der Waals surface area contributed by atoms with Gasteiger partial charge in [-0.15, -0.1) is 6.58 Å². The highest BCUT2D eigenvalue weighted by Crippen LogP contribution is 2.23. The third-order valence-electron chi connectivity index (χ3n) is 5.19. The molecule has 0 amide bonds. The maximum absolute atomic E-state index is 13.2. The maximum atomic E-state index is 13.2. The molecule has 0 atom stereocenters. The Labute approximate surface area is 174 Å². The Balaban J connectivity index is 1.70. The molecule has 0 aliphatic carbocycles. The molecule has 0 saturated heterocycles. The number of benzene rings is 2. The Morgan fingerprint density at radius 2 is 1.59 bits per heavy atom. The van der Waals surface area contributed by atoms with Crippen LogP contribution in [0.1, 0.15) is 43.2 Å². The standard InChI is InChI=1S/C26H31FN2/c1-5-16-28(18-21-8-12-23(13-9-21)26(2,3)4)20-25-7-6-17-29(25)19-22-10-14-24(27)15-11-22/h5-15,17H,1,16,18-20H2,2-4H3. The van der Waals surface area contributed by atoms with Crippen molar-refractivity contribution in [1.29, 1.82) is 0 Å². The molecule has 0 fully saturated rings. The lowest BCUT2D eigenvalue weighted by Crippen LogP contribution is -2.24. The highest BCUT2D eigenvalue weighted by atomic mass is 19.1. The Morgan fingerprint density at radius 3 is 2.21 bits per heavy atom. The molecule has 0 N–H and O–H groups in total. The highest BCUT2D eigenvalue weighted by Gasteiger charge is 2.14. The molecule has 2 nitrogen and oxygen atoms in total. The largest absolute Gasteiger partial charge is 0.346 e. The van der Waals surface area contributed by atoms with Crippen molar-refractivity contribution < 1.29 is 4.39 Å². The summed E-state index contributed by atoms with van der Waals surface area (Å²) in [5.74, 6) is -0.198. The van der Waals surface area contributed by atoms with E-state index in [9.17, 15) is 4.39 Å². The summed E-state index contributed by atoms with van der Waals surface area (Å²) in [6.45, 7) is 13.9. The van der Waals surface area contributed by atoms with Crippen molar-refractivity contribution in [3.63, 3.8) is 0 Å². The van der Waals surface area contributed by atoms with Crippen LogP contribution in [0.2, 0.25) is 0 Å². The van der Waals surface area contributed by atoms with Crippen LogP contribution >= 0.6 is 0 Å². The van der Waals surface area contributed by atoms with Crippen molar-refractivity contribution in [3.05, 3.63) is 108 Å². The number of halogens is 1. The monoisotopic (exact) mass is 390 g/mol. The van der Waals surface area contributed by atoms with E-state index in [-0.39, 0.29) is 11.2 Å². The summed E-state index contributed by atoms with van der Waals surface area (Å²) in [6, 6.07) is 19.9. The van der Waals surface area contributed by atoms with E-state index in [1.807, 2.05) is 18.2 Å². The molecule has 1 aromatic heterocycles. The van der Waals surface area contributed by atoms with Gasteiger partial charge in [-0.2, -0.15) is 0 Å². The van der Waals surface area contributed by atoms with E-state index in [4.69, 9.17) is 0 Å². The van der Waals surface area contributed by atoms with Gasteiger partial charge >= 0.3 is 0 Å². The topological polar surface area (TPSA) is 8.17 Å². The first-order chi connectivity index (χ1) is 13.8. The van der Waals surface area contributed by atoms with Gasteiger partial charge in [0.05, 0.1) is 0 Å². The molecule has 3 rings (SSSR count). The molecule has 0 aliphatic rings. The van der Waals surface area contributed by atoms with Crippen LogP contribution in [0.25, 0.3) is 0 Å². The first-order valence-electron chi connectivity index (χ1n) is 10.2. The SMILES string of the molecule is C=CCN(Cc1ccc(C(C)(C)C)cc1)Cc1cccn1Cc1ccc(F)cc1. The van der Waals surface area contributed by atoms with Gasteiger partial charge in [-0.3, -0.25) is 4.90 Å². The molecular weight excluding hydrogens is 359 g/mol. The van der Waals surface area contributed by atoms with Crippen molar-refractivity contribution in [2.75, 3.05) is 6.54 Å². The molecule has 2 aromatic carbocycles. The molecule has 0 saturated carbocycles. The number of rotatable bonds is 8. The van der Waals surface area contributed by atoms with Gasteiger partial charge in [-0.1, -0.05) is 63.2 Å². The molecular formula is C26H31FN2. The third kappa shape index (κ3) is 5.91. The predicted octanol–water partition coefficient (Wildman–Crippen LogP) is 6.16. The second kappa shape index (κ2) is 9.23. The van der Waals surface area contributed by atoms with Gasteiger partial charge in [0.25, 0.3) is 0 Å². The molecule has 0 spiro atoms. The van der Waals surface area contributed by atoms with E-state index in [1.165, 1.54) is 29.0 Å². The van der Waals surface area contributed by atoms with Crippen LogP contribution in [-0.2, 0) is 25.0 Å². The van der Waals surface area contributed by atoms with Crippen LogP contribution in [0.5, 0.6) is 0 Å². The average molecular weight is 391 g/mol. The fraction of sp³-hybridized carbons (Fsp3) is 0.308. The van der Waals surface area contributed by atoms with Crippen molar-refractivity contribution in [2.45, 2.75) is 45.8 Å². The van der Waals surface area contributed by atoms with E-state index in [2.05, 4.69) is 79.4 Å². The zero-order valence-electron chi connectivity index (χ0n) is 17.7. The fourth-order valence-electron chi connectivity index (χ4n) is 3.50. The number of hydrogen-bond donors (Lipinski definition) is 0. The van der Waals surface area contributed by atoms with Crippen LogP contribution in [0, 0.1) is 5.82 Å². The Bertz CT molecular complexity index is 915. The minimum Gasteiger partial charge on any atom is -0.346 e. The maximum Gasteiger partial charge on any atom is 0.123 e. The Morgan fingerprint density at radius 1 is 0.931 bits per heavy atom. The summed E-state index contributed by atoms with van der Waals surface area (Å²) in [4.78, 5) is 2.38. The molecule has 0 bridgehead atoms. The Hall–Kier alpha value is -2.65. The van der Waals surface area contributed by atoms with Gasteiger partial charge < -0.3 is 4.57 Å². The highest BCUT2D eigenvalue weighted by molar-refractivity contribution is 5.27. The zero-order chi connectivity index (χ0) is 20.9. The average Bonchev–Trinajstić information content (AvgIpc) is 3.10. The quantitative estimate of drug-likeness (QED) is 0.418. The lowest BCUT2D eigenvalue weighted by Gasteiger charge is -2.23. The Kier molecular flexibility index (Phi) is 6.71. The van der Waals surface area contributed by atoms with Gasteiger partial charge in [-0.25, -0.2) is 4.39 Å². The third-order valence-corrected chi connectivity index (χ3v) is 5.19. The van der Waals surface area contributed by atoms with E-state index in [1.54, 1.807) is 0 Å². The number of nitrogens with zero attached hydrogens (tertiary/aromatic N) is 2. The predicted molar refractivity (Wildman–Crippen MR) is 119 cm³/mol. The van der Waals surface area contributed by atoms with Gasteiger partial charge in [-0.05, 0) is 46.4 Å². The van der Waals surface area contributed by atoms with Crippen molar-refractivity contribution in [2.24, 2.45) is 0 Å². The first kappa shape index (κ1) is 21.1. The van der Waals surface area contributed by atoms with Crippen LogP contribution in [0.3, 0.4) is 0 Å². The minimum atomic E-state index is -0.198. The van der Waals surface area contributed by atoms with E-state index in [0.29, 0.717) is 0 Å². The molecule has 0 radical (unpaired) electrons. The van der Waals surface area contributed by atoms with Gasteiger partial charge in [0.15, 0.2) is 0 Å². The van der Waals surface area contributed by atoms with Crippen molar-refractivity contribution >= 4 is 0 Å². The second-order valence-electron chi connectivity index (χ2n) is 8.66. The number of hydrogen-bond acceptors (Lipinski definition) is 1. The van der Waals surface area contributed by atoms with Gasteiger partial charge in [0.2, 0.25) is 0 Å². The summed E-state index contributed by atoms with van der Waals surface area (Å²) in [7, 11) is 0. The summed E-state index contributed by atoms with van der Waals surface area (Å²) in [5.41, 5.74) is 5.15. The van der Waals surface area contributed by atoms with Crippen molar-refractivity contribution in [1.82, 2.24) is 9.47 Å². The smallest absolute Gasteiger partial charge is 0.123 e. The van der Waals surface area contributed by atoms with Gasteiger partial charge in [0, 0.05) is 38.1 Å². The molecule has 0 aliphatic heterocycles. The normalized spacial score (nSPS) is 11.8. The van der Waals surface area contributed by atoms with E-state index >= 15 is 0 Å². The lowest BCUT2D eigenvalue weighted by atomic mass is 9.87. The fourth-order valence-corrected chi connectivity index (χ4v) is 3.50. The molecule has 3 aromatic rings. The van der Waals surface area contributed by atoms with Crippen LogP contribution in [0.4, 0.5) is 4.39 Å². The van der Waals surface area contributed by atoms with E-state index < -0.39 is 0 Å². The van der Waals surface area contributed by atoms with E-state index in [0.717, 1.165) is 31.7 Å². The second-order valence-corrected chi connectivity index (χ2v) is 8.66. The van der Waals surface area contributed by atoms with Gasteiger partial charge in [0.1, 0.15) is 5.82 Å². The summed E-state index contributed by atoms with van der Waals surface area (Å²) < 4.78 is 15.4. The molecule has 1 heterocycles. The lowest BCUT2D eigenvalue weighted by molar-refractivity contribution is 0.279.